The summed E-state index contributed by atoms with van der Waals surface area (Å²) < 4.78 is 5.17. The van der Waals surface area contributed by atoms with Crippen molar-refractivity contribution in [3.8, 4) is 0 Å². The first-order valence-electron chi connectivity index (χ1n) is 7.03. The van der Waals surface area contributed by atoms with Crippen molar-refractivity contribution in [1.82, 2.24) is 10.1 Å². The van der Waals surface area contributed by atoms with Gasteiger partial charge in [-0.15, -0.1) is 0 Å². The number of likely N-dealkylation sites (tertiary alicyclic amines) is 1. The van der Waals surface area contributed by atoms with Gasteiger partial charge in [-0.25, -0.2) is 4.79 Å². The molecule has 3 atom stereocenters. The van der Waals surface area contributed by atoms with Gasteiger partial charge in [-0.3, -0.25) is 4.79 Å². The zero-order chi connectivity index (χ0) is 15.6. The minimum Gasteiger partial charge on any atom is -0.480 e. The van der Waals surface area contributed by atoms with Gasteiger partial charge in [-0.05, 0) is 25.7 Å². The molecule has 1 saturated heterocycles. The van der Waals surface area contributed by atoms with Gasteiger partial charge in [0, 0.05) is 19.2 Å². The van der Waals surface area contributed by atoms with Gasteiger partial charge >= 0.3 is 5.97 Å². The number of hydrogen-bond donors (Lipinski definition) is 2. The molecule has 0 bridgehead atoms. The van der Waals surface area contributed by atoms with Crippen molar-refractivity contribution in [3.05, 3.63) is 17.5 Å². The van der Waals surface area contributed by atoms with Crippen LogP contribution in [-0.2, 0) is 9.59 Å². The Morgan fingerprint density at radius 2 is 2.29 bits per heavy atom. The molecule has 116 valence electrons. The highest BCUT2D eigenvalue weighted by Crippen LogP contribution is 2.30. The molecule has 2 N–H and O–H groups in total. The molecule has 2 rings (SSSR count). The molecule has 1 aliphatic heterocycles. The second kappa shape index (κ2) is 6.26. The third-order valence-electron chi connectivity index (χ3n) is 3.90. The van der Waals surface area contributed by atoms with Gasteiger partial charge < -0.3 is 19.6 Å². The maximum Gasteiger partial charge on any atom is 0.326 e. The Labute approximate surface area is 122 Å². The van der Waals surface area contributed by atoms with Crippen molar-refractivity contribution in [2.24, 2.45) is 5.92 Å². The van der Waals surface area contributed by atoms with E-state index in [-0.39, 0.29) is 18.4 Å². The topological polar surface area (TPSA) is 104 Å². The summed E-state index contributed by atoms with van der Waals surface area (Å²) in [6, 6.07) is 0.857. The average molecular weight is 296 g/mol. The van der Waals surface area contributed by atoms with E-state index in [1.807, 2.05) is 0 Å². The number of aliphatic carboxylic acids is 1. The number of amides is 1. The number of aliphatic hydroxyl groups excluding tert-OH is 1. The van der Waals surface area contributed by atoms with Gasteiger partial charge in [0.25, 0.3) is 0 Å². The smallest absolute Gasteiger partial charge is 0.326 e. The number of hydrogen-bond acceptors (Lipinski definition) is 5. The fraction of sp³-hybridized carbons (Fsp3) is 0.643. The lowest BCUT2D eigenvalue weighted by molar-refractivity contribution is -0.149. The predicted molar refractivity (Wildman–Crippen MR) is 72.6 cm³/mol. The van der Waals surface area contributed by atoms with Crippen LogP contribution in [0.5, 0.6) is 0 Å². The normalized spacial score (nSPS) is 21.3. The standard InChI is InChI=1S/C14H20N2O5/c1-8(7-17)12(11-6-9(2)15-21-11)13(18)16-5-3-4-10(16)14(19)20/h6,8,10,12,17H,3-5,7H2,1-2H3,(H,19,20)/t8?,10?,12-/m0/s1. The largest absolute Gasteiger partial charge is 0.480 e. The lowest BCUT2D eigenvalue weighted by Gasteiger charge is -2.28. The molecule has 0 spiro atoms. The molecule has 7 heteroatoms. The fourth-order valence-electron chi connectivity index (χ4n) is 2.75. The minimum atomic E-state index is -0.995. The van der Waals surface area contributed by atoms with Crippen molar-refractivity contribution in [1.29, 1.82) is 0 Å². The van der Waals surface area contributed by atoms with Crippen molar-refractivity contribution < 1.29 is 24.3 Å². The molecular formula is C14H20N2O5. The SMILES string of the molecule is Cc1cc([C@@H](C(=O)N2CCCC2C(=O)O)C(C)CO)on1. The Hall–Kier alpha value is -1.89. The summed E-state index contributed by atoms with van der Waals surface area (Å²) in [6.07, 6.45) is 1.12. The number of carbonyl (C=O) groups excluding carboxylic acids is 1. The molecule has 1 amide bonds. The van der Waals surface area contributed by atoms with E-state index in [1.165, 1.54) is 4.90 Å². The summed E-state index contributed by atoms with van der Waals surface area (Å²) in [5, 5.41) is 22.4. The molecule has 1 fully saturated rings. The molecule has 2 unspecified atom stereocenters. The van der Waals surface area contributed by atoms with E-state index >= 15 is 0 Å². The Balaban J connectivity index is 2.28. The van der Waals surface area contributed by atoms with Gasteiger partial charge in [0.2, 0.25) is 5.91 Å². The molecule has 1 aliphatic rings. The van der Waals surface area contributed by atoms with Crippen LogP contribution in [0.4, 0.5) is 0 Å². The third-order valence-corrected chi connectivity index (χ3v) is 3.90. The molecule has 0 aliphatic carbocycles. The lowest BCUT2D eigenvalue weighted by atomic mass is 9.90. The highest BCUT2D eigenvalue weighted by molar-refractivity contribution is 5.88. The number of aliphatic hydroxyl groups is 1. The Morgan fingerprint density at radius 1 is 1.57 bits per heavy atom. The van der Waals surface area contributed by atoms with E-state index in [0.717, 1.165) is 0 Å². The number of aromatic nitrogens is 1. The molecule has 2 heterocycles. The van der Waals surface area contributed by atoms with Crippen molar-refractivity contribution in [3.63, 3.8) is 0 Å². The van der Waals surface area contributed by atoms with Gasteiger partial charge in [0.1, 0.15) is 17.7 Å². The summed E-state index contributed by atoms with van der Waals surface area (Å²) >= 11 is 0. The van der Waals surface area contributed by atoms with Gasteiger partial charge in [0.05, 0.1) is 5.69 Å². The van der Waals surface area contributed by atoms with E-state index in [1.54, 1.807) is 19.9 Å². The highest BCUT2D eigenvalue weighted by Gasteiger charge is 2.40. The maximum absolute atomic E-state index is 12.7. The van der Waals surface area contributed by atoms with Crippen molar-refractivity contribution in [2.75, 3.05) is 13.2 Å². The van der Waals surface area contributed by atoms with Crippen LogP contribution in [0.2, 0.25) is 0 Å². The van der Waals surface area contributed by atoms with E-state index in [9.17, 15) is 19.8 Å². The van der Waals surface area contributed by atoms with E-state index < -0.39 is 17.9 Å². The monoisotopic (exact) mass is 296 g/mol. The molecule has 0 radical (unpaired) electrons. The summed E-state index contributed by atoms with van der Waals surface area (Å²) in [7, 11) is 0. The second-order valence-electron chi connectivity index (χ2n) is 5.54. The third kappa shape index (κ3) is 3.07. The maximum atomic E-state index is 12.7. The molecule has 7 nitrogen and oxygen atoms in total. The fourth-order valence-corrected chi connectivity index (χ4v) is 2.75. The Morgan fingerprint density at radius 3 is 2.81 bits per heavy atom. The summed E-state index contributed by atoms with van der Waals surface area (Å²) in [4.78, 5) is 25.3. The van der Waals surface area contributed by atoms with Crippen LogP contribution in [0.3, 0.4) is 0 Å². The average Bonchev–Trinajstić information content (AvgIpc) is 3.07. The van der Waals surface area contributed by atoms with Gasteiger partial charge in [0.15, 0.2) is 0 Å². The van der Waals surface area contributed by atoms with E-state index in [2.05, 4.69) is 5.16 Å². The highest BCUT2D eigenvalue weighted by atomic mass is 16.5. The minimum absolute atomic E-state index is 0.193. The van der Waals surface area contributed by atoms with Crippen LogP contribution in [0.25, 0.3) is 0 Å². The number of aryl methyl sites for hydroxylation is 1. The zero-order valence-corrected chi connectivity index (χ0v) is 12.2. The summed E-state index contributed by atoms with van der Waals surface area (Å²) in [6.45, 7) is 3.69. The molecule has 0 saturated carbocycles. The van der Waals surface area contributed by atoms with Crippen molar-refractivity contribution >= 4 is 11.9 Å². The van der Waals surface area contributed by atoms with Gasteiger partial charge in [-0.2, -0.15) is 0 Å². The van der Waals surface area contributed by atoms with Crippen LogP contribution in [0.1, 0.15) is 37.1 Å². The molecular weight excluding hydrogens is 276 g/mol. The first-order valence-corrected chi connectivity index (χ1v) is 7.03. The molecule has 1 aromatic rings. The lowest BCUT2D eigenvalue weighted by Crippen LogP contribution is -2.44. The first kappa shape index (κ1) is 15.5. The van der Waals surface area contributed by atoms with Crippen LogP contribution in [0, 0.1) is 12.8 Å². The van der Waals surface area contributed by atoms with Crippen LogP contribution < -0.4 is 0 Å². The number of carbonyl (C=O) groups is 2. The quantitative estimate of drug-likeness (QED) is 0.831. The molecule has 1 aromatic heterocycles. The Bertz CT molecular complexity index is 527. The first-order chi connectivity index (χ1) is 9.95. The zero-order valence-electron chi connectivity index (χ0n) is 12.2. The van der Waals surface area contributed by atoms with Gasteiger partial charge in [-0.1, -0.05) is 12.1 Å². The summed E-state index contributed by atoms with van der Waals surface area (Å²) in [5.41, 5.74) is 0.643. The number of carboxylic acid groups (broad SMARTS) is 1. The van der Waals surface area contributed by atoms with Crippen LogP contribution in [-0.4, -0.2) is 51.3 Å². The summed E-state index contributed by atoms with van der Waals surface area (Å²) in [5.74, 6) is -2.03. The second-order valence-corrected chi connectivity index (χ2v) is 5.54. The van der Waals surface area contributed by atoms with E-state index in [4.69, 9.17) is 4.52 Å². The van der Waals surface area contributed by atoms with Crippen LogP contribution in [0.15, 0.2) is 10.6 Å². The van der Waals surface area contributed by atoms with Crippen molar-refractivity contribution in [2.45, 2.75) is 38.6 Å². The molecule has 21 heavy (non-hydrogen) atoms. The van der Waals surface area contributed by atoms with E-state index in [0.29, 0.717) is 30.8 Å². The number of rotatable bonds is 5. The number of nitrogens with zero attached hydrogens (tertiary/aromatic N) is 2. The van der Waals surface area contributed by atoms with Crippen LogP contribution >= 0.6 is 0 Å². The Kier molecular flexibility index (Phi) is 4.62. The predicted octanol–water partition coefficient (Wildman–Crippen LogP) is 0.771. The number of carboxylic acids is 1. The molecule has 0 aromatic carbocycles.